The average molecular weight is 313 g/mol. The molecule has 4 heteroatoms. The normalized spacial score (nSPS) is 11.3. The van der Waals surface area contributed by atoms with Crippen LogP contribution < -0.4 is 0 Å². The SMILES string of the molecule is CCc1c2cc(F)ccc2nn1CCCCCBr. The lowest BCUT2D eigenvalue weighted by Crippen LogP contribution is -2.04. The summed E-state index contributed by atoms with van der Waals surface area (Å²) >= 11 is 3.44. The van der Waals surface area contributed by atoms with E-state index in [1.165, 1.54) is 18.9 Å². The molecule has 0 aliphatic carbocycles. The van der Waals surface area contributed by atoms with E-state index in [1.54, 1.807) is 12.1 Å². The molecule has 0 atom stereocenters. The van der Waals surface area contributed by atoms with E-state index in [4.69, 9.17) is 0 Å². The van der Waals surface area contributed by atoms with E-state index in [0.717, 1.165) is 41.3 Å². The van der Waals surface area contributed by atoms with Gasteiger partial charge >= 0.3 is 0 Å². The largest absolute Gasteiger partial charge is 0.268 e. The van der Waals surface area contributed by atoms with Crippen LogP contribution in [-0.2, 0) is 13.0 Å². The van der Waals surface area contributed by atoms with Crippen LogP contribution in [0.2, 0.25) is 0 Å². The second kappa shape index (κ2) is 6.32. The molecule has 18 heavy (non-hydrogen) atoms. The first-order valence-electron chi connectivity index (χ1n) is 6.47. The van der Waals surface area contributed by atoms with Crippen LogP contribution in [0.1, 0.15) is 31.9 Å². The highest BCUT2D eigenvalue weighted by atomic mass is 79.9. The van der Waals surface area contributed by atoms with Gasteiger partial charge < -0.3 is 0 Å². The number of hydrogen-bond acceptors (Lipinski definition) is 1. The van der Waals surface area contributed by atoms with Gasteiger partial charge in [0.05, 0.1) is 5.52 Å². The van der Waals surface area contributed by atoms with Crippen molar-refractivity contribution in [3.8, 4) is 0 Å². The fourth-order valence-corrected chi connectivity index (χ4v) is 2.64. The van der Waals surface area contributed by atoms with Crippen LogP contribution in [0.5, 0.6) is 0 Å². The van der Waals surface area contributed by atoms with Crippen molar-refractivity contribution in [3.05, 3.63) is 29.7 Å². The van der Waals surface area contributed by atoms with Crippen molar-refractivity contribution in [2.45, 2.75) is 39.2 Å². The van der Waals surface area contributed by atoms with Gasteiger partial charge in [-0.2, -0.15) is 5.10 Å². The zero-order chi connectivity index (χ0) is 13.0. The summed E-state index contributed by atoms with van der Waals surface area (Å²) in [6.07, 6.45) is 4.39. The average Bonchev–Trinajstić information content (AvgIpc) is 2.71. The first kappa shape index (κ1) is 13.5. The Morgan fingerprint density at radius 3 is 2.83 bits per heavy atom. The quantitative estimate of drug-likeness (QED) is 0.574. The maximum atomic E-state index is 13.3. The molecule has 0 radical (unpaired) electrons. The van der Waals surface area contributed by atoms with Crippen LogP contribution in [0.15, 0.2) is 18.2 Å². The van der Waals surface area contributed by atoms with Gasteiger partial charge in [0, 0.05) is 23.0 Å². The third-order valence-corrected chi connectivity index (χ3v) is 3.71. The van der Waals surface area contributed by atoms with Crippen molar-refractivity contribution < 1.29 is 4.39 Å². The minimum absolute atomic E-state index is 0.184. The van der Waals surface area contributed by atoms with E-state index in [1.807, 2.05) is 4.68 Å². The molecule has 0 N–H and O–H groups in total. The van der Waals surface area contributed by atoms with Gasteiger partial charge in [0.15, 0.2) is 0 Å². The Labute approximate surface area is 115 Å². The monoisotopic (exact) mass is 312 g/mol. The molecule has 2 aromatic rings. The lowest BCUT2D eigenvalue weighted by molar-refractivity contribution is 0.541. The van der Waals surface area contributed by atoms with Gasteiger partial charge in [0.1, 0.15) is 5.82 Å². The maximum Gasteiger partial charge on any atom is 0.124 e. The number of alkyl halides is 1. The molecule has 2 nitrogen and oxygen atoms in total. The van der Waals surface area contributed by atoms with Gasteiger partial charge in [-0.1, -0.05) is 29.3 Å². The van der Waals surface area contributed by atoms with Crippen LogP contribution >= 0.6 is 15.9 Å². The maximum absolute atomic E-state index is 13.3. The topological polar surface area (TPSA) is 17.8 Å². The van der Waals surface area contributed by atoms with Crippen molar-refractivity contribution in [2.24, 2.45) is 0 Å². The number of halogens is 2. The second-order valence-corrected chi connectivity index (χ2v) is 5.23. The lowest BCUT2D eigenvalue weighted by atomic mass is 10.1. The number of hydrogen-bond donors (Lipinski definition) is 0. The third kappa shape index (κ3) is 2.91. The summed E-state index contributed by atoms with van der Waals surface area (Å²) in [6.45, 7) is 3.02. The first-order chi connectivity index (χ1) is 8.76. The van der Waals surface area contributed by atoms with Crippen LogP contribution in [0, 0.1) is 5.82 Å². The summed E-state index contributed by atoms with van der Waals surface area (Å²) in [5, 5.41) is 6.57. The van der Waals surface area contributed by atoms with Crippen LogP contribution in [0.4, 0.5) is 4.39 Å². The van der Waals surface area contributed by atoms with Crippen molar-refractivity contribution in [1.29, 1.82) is 0 Å². The van der Waals surface area contributed by atoms with E-state index in [2.05, 4.69) is 28.0 Å². The fraction of sp³-hybridized carbons (Fsp3) is 0.500. The lowest BCUT2D eigenvalue weighted by Gasteiger charge is -2.05. The van der Waals surface area contributed by atoms with Crippen LogP contribution in [0.3, 0.4) is 0 Å². The van der Waals surface area contributed by atoms with Crippen molar-refractivity contribution in [1.82, 2.24) is 9.78 Å². The van der Waals surface area contributed by atoms with Gasteiger partial charge in [-0.25, -0.2) is 4.39 Å². The highest BCUT2D eigenvalue weighted by Crippen LogP contribution is 2.20. The predicted molar refractivity (Wildman–Crippen MR) is 76.7 cm³/mol. The van der Waals surface area contributed by atoms with Crippen LogP contribution in [0.25, 0.3) is 10.9 Å². The molecule has 0 spiro atoms. The van der Waals surface area contributed by atoms with Gasteiger partial charge in [-0.15, -0.1) is 0 Å². The number of rotatable bonds is 6. The van der Waals surface area contributed by atoms with Crippen LogP contribution in [-0.4, -0.2) is 15.1 Å². The summed E-state index contributed by atoms with van der Waals surface area (Å²) in [6, 6.07) is 4.83. The highest BCUT2D eigenvalue weighted by Gasteiger charge is 2.09. The molecule has 0 saturated heterocycles. The number of benzene rings is 1. The highest BCUT2D eigenvalue weighted by molar-refractivity contribution is 9.09. The molecule has 0 aliphatic heterocycles. The third-order valence-electron chi connectivity index (χ3n) is 3.15. The number of aromatic nitrogens is 2. The summed E-state index contributed by atoms with van der Waals surface area (Å²) in [7, 11) is 0. The van der Waals surface area contributed by atoms with Gasteiger partial charge in [-0.05, 0) is 37.5 Å². The predicted octanol–water partition coefficient (Wildman–Crippen LogP) is 4.30. The van der Waals surface area contributed by atoms with Crippen molar-refractivity contribution in [3.63, 3.8) is 0 Å². The number of fused-ring (bicyclic) bond motifs is 1. The number of nitrogens with zero attached hydrogens (tertiary/aromatic N) is 2. The number of aryl methyl sites for hydroxylation is 2. The fourth-order valence-electron chi connectivity index (χ4n) is 2.25. The summed E-state index contributed by atoms with van der Waals surface area (Å²) in [4.78, 5) is 0. The van der Waals surface area contributed by atoms with Gasteiger partial charge in [0.25, 0.3) is 0 Å². The minimum atomic E-state index is -0.184. The Kier molecular flexibility index (Phi) is 4.75. The molecule has 0 bridgehead atoms. The molecule has 0 fully saturated rings. The molecule has 98 valence electrons. The molecule has 1 aromatic carbocycles. The molecular formula is C14H18BrFN2. The summed E-state index contributed by atoms with van der Waals surface area (Å²) in [5.74, 6) is -0.184. The standard InChI is InChI=1S/C14H18BrFN2/c1-2-14-12-10-11(16)6-7-13(12)17-18(14)9-5-3-4-8-15/h6-7,10H,2-5,8-9H2,1H3. The Bertz CT molecular complexity index is 522. The van der Waals surface area contributed by atoms with E-state index in [-0.39, 0.29) is 5.82 Å². The number of unbranched alkanes of at least 4 members (excludes halogenated alkanes) is 2. The van der Waals surface area contributed by atoms with Crippen molar-refractivity contribution >= 4 is 26.8 Å². The molecule has 0 aliphatic rings. The Morgan fingerprint density at radius 1 is 1.28 bits per heavy atom. The molecule has 1 aromatic heterocycles. The van der Waals surface area contributed by atoms with E-state index < -0.39 is 0 Å². The van der Waals surface area contributed by atoms with E-state index in [0.29, 0.717) is 0 Å². The smallest absolute Gasteiger partial charge is 0.124 e. The second-order valence-electron chi connectivity index (χ2n) is 4.43. The summed E-state index contributed by atoms with van der Waals surface area (Å²) in [5.41, 5.74) is 2.04. The molecule has 1 heterocycles. The molecule has 0 saturated carbocycles. The Morgan fingerprint density at radius 2 is 2.11 bits per heavy atom. The van der Waals surface area contributed by atoms with E-state index >= 15 is 0 Å². The minimum Gasteiger partial charge on any atom is -0.268 e. The molecule has 0 unspecified atom stereocenters. The zero-order valence-electron chi connectivity index (χ0n) is 10.6. The molecule has 2 rings (SSSR count). The molecular weight excluding hydrogens is 295 g/mol. The summed E-state index contributed by atoms with van der Waals surface area (Å²) < 4.78 is 15.3. The van der Waals surface area contributed by atoms with E-state index in [9.17, 15) is 4.39 Å². The van der Waals surface area contributed by atoms with Gasteiger partial charge in [-0.3, -0.25) is 4.68 Å². The first-order valence-corrected chi connectivity index (χ1v) is 7.59. The Hall–Kier alpha value is -0.900. The molecule has 0 amide bonds. The van der Waals surface area contributed by atoms with Crippen molar-refractivity contribution in [2.75, 3.05) is 5.33 Å². The Balaban J connectivity index is 2.21. The van der Waals surface area contributed by atoms with Gasteiger partial charge in [0.2, 0.25) is 0 Å². The zero-order valence-corrected chi connectivity index (χ0v) is 12.2.